The molecule has 0 saturated carbocycles. The molecule has 0 aromatic heterocycles. The van der Waals surface area contributed by atoms with E-state index >= 15 is 0 Å². The number of nitro benzene ring substituents is 1. The first kappa shape index (κ1) is 22.5. The molecular formula is C18H29N3O6S. The van der Waals surface area contributed by atoms with Crippen molar-refractivity contribution < 1.29 is 22.8 Å². The van der Waals surface area contributed by atoms with Crippen LogP contribution in [0.1, 0.15) is 25.7 Å². The van der Waals surface area contributed by atoms with E-state index in [1.807, 2.05) is 0 Å². The van der Waals surface area contributed by atoms with Crippen LogP contribution in [0.2, 0.25) is 0 Å². The lowest BCUT2D eigenvalue weighted by Crippen LogP contribution is -2.33. The lowest BCUT2D eigenvalue weighted by Gasteiger charge is -2.25. The SMILES string of the molecule is COCCN(CCOC)c1ccc(S(=O)(=O)N2CCCCCC2)cc1[N+](=O)[O-]. The molecule has 0 N–H and O–H groups in total. The monoisotopic (exact) mass is 415 g/mol. The molecule has 1 aliphatic rings. The third-order valence-corrected chi connectivity index (χ3v) is 6.71. The summed E-state index contributed by atoms with van der Waals surface area (Å²) in [4.78, 5) is 12.9. The van der Waals surface area contributed by atoms with Crippen LogP contribution in [0.15, 0.2) is 23.1 Å². The molecule has 0 unspecified atom stereocenters. The number of sulfonamides is 1. The van der Waals surface area contributed by atoms with E-state index in [0.29, 0.717) is 45.1 Å². The van der Waals surface area contributed by atoms with E-state index in [1.165, 1.54) is 22.5 Å². The first-order valence-electron chi connectivity index (χ1n) is 9.43. The highest BCUT2D eigenvalue weighted by Gasteiger charge is 2.29. The van der Waals surface area contributed by atoms with E-state index in [-0.39, 0.29) is 10.6 Å². The highest BCUT2D eigenvalue weighted by Crippen LogP contribution is 2.32. The summed E-state index contributed by atoms with van der Waals surface area (Å²) in [5, 5.41) is 11.7. The molecule has 9 nitrogen and oxygen atoms in total. The number of nitro groups is 1. The van der Waals surface area contributed by atoms with E-state index in [9.17, 15) is 18.5 Å². The number of benzene rings is 1. The summed E-state index contributed by atoms with van der Waals surface area (Å²) < 4.78 is 37.6. The van der Waals surface area contributed by atoms with Crippen LogP contribution in [0, 0.1) is 10.1 Å². The van der Waals surface area contributed by atoms with Crippen molar-refractivity contribution >= 4 is 21.4 Å². The fourth-order valence-corrected chi connectivity index (χ4v) is 4.80. The second-order valence-corrected chi connectivity index (χ2v) is 8.64. The molecule has 1 aromatic rings. The van der Waals surface area contributed by atoms with Gasteiger partial charge in [0, 0.05) is 46.5 Å². The number of hydrogen-bond donors (Lipinski definition) is 0. The lowest BCUT2D eigenvalue weighted by molar-refractivity contribution is -0.384. The number of nitrogens with zero attached hydrogens (tertiary/aromatic N) is 3. The van der Waals surface area contributed by atoms with Gasteiger partial charge in [-0.3, -0.25) is 10.1 Å². The van der Waals surface area contributed by atoms with Gasteiger partial charge in [0.2, 0.25) is 10.0 Å². The van der Waals surface area contributed by atoms with Gasteiger partial charge in [0.15, 0.2) is 0 Å². The minimum atomic E-state index is -3.76. The highest BCUT2D eigenvalue weighted by atomic mass is 32.2. The fraction of sp³-hybridized carbons (Fsp3) is 0.667. The van der Waals surface area contributed by atoms with E-state index in [1.54, 1.807) is 19.1 Å². The Morgan fingerprint density at radius 2 is 1.64 bits per heavy atom. The van der Waals surface area contributed by atoms with Crippen LogP contribution in [-0.2, 0) is 19.5 Å². The van der Waals surface area contributed by atoms with Crippen molar-refractivity contribution in [3.8, 4) is 0 Å². The Hall–Kier alpha value is -1.75. The van der Waals surface area contributed by atoms with Crippen molar-refractivity contribution in [1.82, 2.24) is 4.31 Å². The van der Waals surface area contributed by atoms with Crippen molar-refractivity contribution in [2.75, 3.05) is 58.5 Å². The number of methoxy groups -OCH3 is 2. The average Bonchev–Trinajstić information content (AvgIpc) is 2.98. The van der Waals surface area contributed by atoms with Crippen molar-refractivity contribution in [2.24, 2.45) is 0 Å². The van der Waals surface area contributed by atoms with Gasteiger partial charge in [0.05, 0.1) is 23.0 Å². The standard InChI is InChI=1S/C18H29N3O6S/c1-26-13-11-19(12-14-27-2)17-8-7-16(15-18(17)21(22)23)28(24,25)20-9-5-3-4-6-10-20/h7-8,15H,3-6,9-14H2,1-2H3. The second-order valence-electron chi connectivity index (χ2n) is 6.70. The predicted octanol–water partition coefficient (Wildman–Crippen LogP) is 2.26. The normalized spacial score (nSPS) is 15.9. The van der Waals surface area contributed by atoms with Gasteiger partial charge in [0.25, 0.3) is 5.69 Å². The third kappa shape index (κ3) is 5.63. The molecule has 28 heavy (non-hydrogen) atoms. The van der Waals surface area contributed by atoms with E-state index in [2.05, 4.69) is 0 Å². The second kappa shape index (κ2) is 10.7. The fourth-order valence-electron chi connectivity index (χ4n) is 3.26. The van der Waals surface area contributed by atoms with Gasteiger partial charge in [-0.1, -0.05) is 12.8 Å². The summed E-state index contributed by atoms with van der Waals surface area (Å²) in [6, 6.07) is 4.13. The van der Waals surface area contributed by atoms with Crippen molar-refractivity contribution in [1.29, 1.82) is 0 Å². The summed E-state index contributed by atoms with van der Waals surface area (Å²) in [6.45, 7) is 2.53. The topological polar surface area (TPSA) is 102 Å². The zero-order valence-electron chi connectivity index (χ0n) is 16.5. The molecule has 0 bridgehead atoms. The van der Waals surface area contributed by atoms with Crippen LogP contribution in [0.5, 0.6) is 0 Å². The predicted molar refractivity (Wildman–Crippen MR) is 106 cm³/mol. The summed E-state index contributed by atoms with van der Waals surface area (Å²) in [6.07, 6.45) is 3.61. The molecule has 0 atom stereocenters. The third-order valence-electron chi connectivity index (χ3n) is 4.82. The maximum atomic E-state index is 13.0. The van der Waals surface area contributed by atoms with E-state index < -0.39 is 14.9 Å². The summed E-state index contributed by atoms with van der Waals surface area (Å²) >= 11 is 0. The summed E-state index contributed by atoms with van der Waals surface area (Å²) in [7, 11) is -0.646. The van der Waals surface area contributed by atoms with Crippen LogP contribution >= 0.6 is 0 Å². The molecule has 0 amide bonds. The van der Waals surface area contributed by atoms with Crippen molar-refractivity contribution in [2.45, 2.75) is 30.6 Å². The van der Waals surface area contributed by atoms with Crippen LogP contribution in [0.4, 0.5) is 11.4 Å². The van der Waals surface area contributed by atoms with Gasteiger partial charge < -0.3 is 14.4 Å². The smallest absolute Gasteiger partial charge is 0.293 e. The Bertz CT molecular complexity index is 740. The lowest BCUT2D eigenvalue weighted by atomic mass is 10.2. The zero-order valence-corrected chi connectivity index (χ0v) is 17.3. The maximum Gasteiger partial charge on any atom is 0.293 e. The number of rotatable bonds is 10. The van der Waals surface area contributed by atoms with Crippen molar-refractivity contribution in [3.63, 3.8) is 0 Å². The molecule has 0 radical (unpaired) electrons. The summed E-state index contributed by atoms with van der Waals surface area (Å²) in [5.41, 5.74) is 0.122. The van der Waals surface area contributed by atoms with Gasteiger partial charge in [-0.25, -0.2) is 8.42 Å². The van der Waals surface area contributed by atoms with Crippen LogP contribution in [-0.4, -0.2) is 71.3 Å². The Balaban J connectivity index is 2.38. The number of anilines is 1. The first-order chi connectivity index (χ1) is 13.4. The number of ether oxygens (including phenoxy) is 2. The van der Waals surface area contributed by atoms with E-state index in [0.717, 1.165) is 25.7 Å². The van der Waals surface area contributed by atoms with Crippen LogP contribution < -0.4 is 4.90 Å². The Morgan fingerprint density at radius 3 is 2.14 bits per heavy atom. The molecule has 158 valence electrons. The van der Waals surface area contributed by atoms with Gasteiger partial charge in [0.1, 0.15) is 5.69 Å². The maximum absolute atomic E-state index is 13.0. The highest BCUT2D eigenvalue weighted by molar-refractivity contribution is 7.89. The molecule has 1 aromatic carbocycles. The summed E-state index contributed by atoms with van der Waals surface area (Å²) in [5.74, 6) is 0. The molecule has 1 fully saturated rings. The van der Waals surface area contributed by atoms with Gasteiger partial charge in [-0.05, 0) is 25.0 Å². The average molecular weight is 416 g/mol. The molecule has 1 saturated heterocycles. The quantitative estimate of drug-likeness (QED) is 0.427. The van der Waals surface area contributed by atoms with Crippen LogP contribution in [0.3, 0.4) is 0 Å². The first-order valence-corrected chi connectivity index (χ1v) is 10.9. The van der Waals surface area contributed by atoms with Crippen LogP contribution in [0.25, 0.3) is 0 Å². The largest absolute Gasteiger partial charge is 0.383 e. The van der Waals surface area contributed by atoms with Gasteiger partial charge in [-0.2, -0.15) is 4.31 Å². The Labute approximate surface area is 166 Å². The van der Waals surface area contributed by atoms with Gasteiger partial charge >= 0.3 is 0 Å². The number of hydrogen-bond acceptors (Lipinski definition) is 7. The molecule has 0 aliphatic carbocycles. The Kier molecular flexibility index (Phi) is 8.61. The molecule has 2 rings (SSSR count). The minimum Gasteiger partial charge on any atom is -0.383 e. The molecule has 1 heterocycles. The van der Waals surface area contributed by atoms with Crippen molar-refractivity contribution in [3.05, 3.63) is 28.3 Å². The Morgan fingerprint density at radius 1 is 1.07 bits per heavy atom. The molecule has 0 spiro atoms. The van der Waals surface area contributed by atoms with Gasteiger partial charge in [-0.15, -0.1) is 0 Å². The molecule has 1 aliphatic heterocycles. The molecule has 10 heteroatoms. The minimum absolute atomic E-state index is 0.0386. The van der Waals surface area contributed by atoms with E-state index in [4.69, 9.17) is 9.47 Å². The zero-order chi connectivity index (χ0) is 20.6. The molecular weight excluding hydrogens is 386 g/mol.